The summed E-state index contributed by atoms with van der Waals surface area (Å²) in [4.78, 5) is 22.2. The van der Waals surface area contributed by atoms with Gasteiger partial charge in [-0.25, -0.2) is 4.39 Å². The van der Waals surface area contributed by atoms with Crippen LogP contribution in [0.15, 0.2) is 18.2 Å². The summed E-state index contributed by atoms with van der Waals surface area (Å²) in [5.74, 6) is -1.49. The number of benzene rings is 1. The van der Waals surface area contributed by atoms with Gasteiger partial charge in [0.2, 0.25) is 0 Å². The van der Waals surface area contributed by atoms with Crippen LogP contribution < -0.4 is 5.32 Å². The van der Waals surface area contributed by atoms with Gasteiger partial charge in [-0.1, -0.05) is 18.5 Å². The highest BCUT2D eigenvalue weighted by Crippen LogP contribution is 2.16. The molecule has 0 fully saturated rings. The molecule has 1 aromatic rings. The van der Waals surface area contributed by atoms with Crippen molar-refractivity contribution < 1.29 is 19.1 Å². The van der Waals surface area contributed by atoms with E-state index in [9.17, 15) is 14.0 Å². The summed E-state index contributed by atoms with van der Waals surface area (Å²) in [7, 11) is 0. The minimum Gasteiger partial charge on any atom is -0.481 e. The molecule has 0 saturated heterocycles. The number of halogens is 2. The SMILES string of the molecule is CC(CCNC(=O)c1ccc(F)c(Cl)c1)CCC(=O)O. The molecule has 1 unspecified atom stereocenters. The van der Waals surface area contributed by atoms with Crippen molar-refractivity contribution in [2.75, 3.05) is 6.54 Å². The third-order valence-electron chi connectivity index (χ3n) is 2.96. The Hall–Kier alpha value is -1.62. The van der Waals surface area contributed by atoms with E-state index in [1.54, 1.807) is 0 Å². The van der Waals surface area contributed by atoms with E-state index >= 15 is 0 Å². The molecule has 0 aliphatic carbocycles. The average molecular weight is 302 g/mol. The minimum atomic E-state index is -0.818. The van der Waals surface area contributed by atoms with Crippen LogP contribution in [0, 0.1) is 11.7 Å². The molecule has 0 radical (unpaired) electrons. The monoisotopic (exact) mass is 301 g/mol. The molecule has 1 rings (SSSR count). The third-order valence-corrected chi connectivity index (χ3v) is 3.25. The second-order valence-electron chi connectivity index (χ2n) is 4.71. The summed E-state index contributed by atoms with van der Waals surface area (Å²) in [5.41, 5.74) is 0.301. The zero-order valence-electron chi connectivity index (χ0n) is 11.2. The first-order valence-corrected chi connectivity index (χ1v) is 6.73. The van der Waals surface area contributed by atoms with Gasteiger partial charge in [0, 0.05) is 18.5 Å². The quantitative estimate of drug-likeness (QED) is 0.813. The van der Waals surface area contributed by atoms with E-state index in [-0.39, 0.29) is 23.3 Å². The number of hydrogen-bond donors (Lipinski definition) is 2. The number of hydrogen-bond acceptors (Lipinski definition) is 2. The number of carbonyl (C=O) groups is 2. The van der Waals surface area contributed by atoms with Crippen molar-refractivity contribution in [1.29, 1.82) is 0 Å². The second-order valence-corrected chi connectivity index (χ2v) is 5.12. The van der Waals surface area contributed by atoms with Crippen LogP contribution in [0.5, 0.6) is 0 Å². The van der Waals surface area contributed by atoms with Gasteiger partial charge in [0.1, 0.15) is 5.82 Å². The van der Waals surface area contributed by atoms with Gasteiger partial charge in [0.15, 0.2) is 0 Å². The molecule has 0 spiro atoms. The first-order chi connectivity index (χ1) is 9.40. The fraction of sp³-hybridized carbons (Fsp3) is 0.429. The van der Waals surface area contributed by atoms with Gasteiger partial charge in [-0.05, 0) is 37.0 Å². The molecular formula is C14H17ClFNO3. The van der Waals surface area contributed by atoms with Gasteiger partial charge in [-0.3, -0.25) is 9.59 Å². The molecule has 20 heavy (non-hydrogen) atoms. The van der Waals surface area contributed by atoms with Crippen molar-refractivity contribution in [2.45, 2.75) is 26.2 Å². The number of nitrogens with one attached hydrogen (secondary N) is 1. The molecule has 1 aromatic carbocycles. The number of rotatable bonds is 7. The Kier molecular flexibility index (Phi) is 6.45. The maximum atomic E-state index is 13.0. The van der Waals surface area contributed by atoms with Crippen LogP contribution >= 0.6 is 11.6 Å². The summed E-state index contributed by atoms with van der Waals surface area (Å²) < 4.78 is 13.0. The van der Waals surface area contributed by atoms with Crippen LogP contribution in [0.1, 0.15) is 36.5 Å². The van der Waals surface area contributed by atoms with Crippen LogP contribution in [-0.4, -0.2) is 23.5 Å². The molecule has 0 aliphatic heterocycles. The Labute approximate surface area is 121 Å². The number of amides is 1. The minimum absolute atomic E-state index is 0.0903. The van der Waals surface area contributed by atoms with E-state index in [1.165, 1.54) is 12.1 Å². The smallest absolute Gasteiger partial charge is 0.303 e. The highest BCUT2D eigenvalue weighted by Gasteiger charge is 2.10. The lowest BCUT2D eigenvalue weighted by Gasteiger charge is -2.11. The summed E-state index contributed by atoms with van der Waals surface area (Å²) in [6.07, 6.45) is 1.39. The summed E-state index contributed by atoms with van der Waals surface area (Å²) in [5, 5.41) is 11.2. The Bertz CT molecular complexity index is 493. The predicted molar refractivity (Wildman–Crippen MR) is 74.4 cm³/mol. The van der Waals surface area contributed by atoms with E-state index < -0.39 is 11.8 Å². The topological polar surface area (TPSA) is 66.4 Å². The Morgan fingerprint density at radius 1 is 1.40 bits per heavy atom. The van der Waals surface area contributed by atoms with Gasteiger partial charge in [0.25, 0.3) is 5.91 Å². The van der Waals surface area contributed by atoms with E-state index in [1.807, 2.05) is 6.92 Å². The molecule has 0 bridgehead atoms. The molecule has 2 N–H and O–H groups in total. The lowest BCUT2D eigenvalue weighted by Crippen LogP contribution is -2.25. The van der Waals surface area contributed by atoms with Crippen molar-refractivity contribution in [2.24, 2.45) is 5.92 Å². The van der Waals surface area contributed by atoms with Crippen LogP contribution in [-0.2, 0) is 4.79 Å². The molecule has 0 aliphatic rings. The molecule has 4 nitrogen and oxygen atoms in total. The lowest BCUT2D eigenvalue weighted by molar-refractivity contribution is -0.137. The molecule has 6 heteroatoms. The first-order valence-electron chi connectivity index (χ1n) is 6.35. The van der Waals surface area contributed by atoms with Gasteiger partial charge in [-0.2, -0.15) is 0 Å². The van der Waals surface area contributed by atoms with Crippen LogP contribution in [0.2, 0.25) is 5.02 Å². The van der Waals surface area contributed by atoms with Gasteiger partial charge in [-0.15, -0.1) is 0 Å². The number of carboxylic acids is 1. The average Bonchev–Trinajstić information content (AvgIpc) is 2.39. The Balaban J connectivity index is 2.36. The normalized spacial score (nSPS) is 11.9. The Morgan fingerprint density at radius 2 is 2.10 bits per heavy atom. The highest BCUT2D eigenvalue weighted by atomic mass is 35.5. The second kappa shape index (κ2) is 7.85. The molecule has 0 heterocycles. The van der Waals surface area contributed by atoms with E-state index in [0.29, 0.717) is 24.9 Å². The van der Waals surface area contributed by atoms with Crippen LogP contribution in [0.25, 0.3) is 0 Å². The maximum absolute atomic E-state index is 13.0. The molecule has 1 amide bonds. The van der Waals surface area contributed by atoms with Crippen molar-refractivity contribution in [3.05, 3.63) is 34.6 Å². The molecule has 1 atom stereocenters. The summed E-state index contributed by atoms with van der Waals surface area (Å²) in [6, 6.07) is 3.79. The lowest BCUT2D eigenvalue weighted by atomic mass is 10.0. The highest BCUT2D eigenvalue weighted by molar-refractivity contribution is 6.31. The van der Waals surface area contributed by atoms with Crippen LogP contribution in [0.3, 0.4) is 0 Å². The van der Waals surface area contributed by atoms with Gasteiger partial charge in [0.05, 0.1) is 5.02 Å². The molecule has 0 saturated carbocycles. The van der Waals surface area contributed by atoms with Gasteiger partial charge >= 0.3 is 5.97 Å². The summed E-state index contributed by atoms with van der Waals surface area (Å²) >= 11 is 5.60. The van der Waals surface area contributed by atoms with Gasteiger partial charge < -0.3 is 10.4 Å². The number of carbonyl (C=O) groups excluding carboxylic acids is 1. The van der Waals surface area contributed by atoms with E-state index in [4.69, 9.17) is 16.7 Å². The van der Waals surface area contributed by atoms with Crippen molar-refractivity contribution in [1.82, 2.24) is 5.32 Å². The largest absolute Gasteiger partial charge is 0.481 e. The zero-order valence-corrected chi connectivity index (χ0v) is 11.9. The standard InChI is InChI=1S/C14H17ClFNO3/c1-9(2-5-13(18)19)6-7-17-14(20)10-3-4-12(16)11(15)8-10/h3-4,8-9H,2,5-7H2,1H3,(H,17,20)(H,18,19). The molecular weight excluding hydrogens is 285 g/mol. The zero-order chi connectivity index (χ0) is 15.1. The van der Waals surface area contributed by atoms with E-state index in [0.717, 1.165) is 6.07 Å². The number of carboxylic acid groups (broad SMARTS) is 1. The predicted octanol–water partition coefficient (Wildman–Crippen LogP) is 3.10. The van der Waals surface area contributed by atoms with Crippen molar-refractivity contribution in [3.63, 3.8) is 0 Å². The summed E-state index contributed by atoms with van der Waals surface area (Å²) in [6.45, 7) is 2.37. The fourth-order valence-electron chi connectivity index (χ4n) is 1.69. The molecule has 0 aromatic heterocycles. The number of aliphatic carboxylic acids is 1. The van der Waals surface area contributed by atoms with Crippen molar-refractivity contribution >= 4 is 23.5 Å². The fourth-order valence-corrected chi connectivity index (χ4v) is 1.87. The molecule has 110 valence electrons. The van der Waals surface area contributed by atoms with E-state index in [2.05, 4.69) is 5.32 Å². The Morgan fingerprint density at radius 3 is 2.70 bits per heavy atom. The van der Waals surface area contributed by atoms with Crippen molar-refractivity contribution in [3.8, 4) is 0 Å². The first kappa shape index (κ1) is 16.4. The van der Waals surface area contributed by atoms with Crippen LogP contribution in [0.4, 0.5) is 4.39 Å². The third kappa shape index (κ3) is 5.57. The maximum Gasteiger partial charge on any atom is 0.303 e.